The highest BCUT2D eigenvalue weighted by molar-refractivity contribution is 5.60. The minimum atomic E-state index is -0.0368. The standard InChI is InChI=1S/C14H18N2O2/c1-10-7-16(8-11(2)18-10)14-4-3-12(9-17)5-13(14)6-15/h3-5,10-11,17H,7-9H2,1-2H3. The van der Waals surface area contributed by atoms with Gasteiger partial charge in [0.2, 0.25) is 0 Å². The minimum absolute atomic E-state index is 0.0368. The van der Waals surface area contributed by atoms with Crippen molar-refractivity contribution in [1.82, 2.24) is 0 Å². The van der Waals surface area contributed by atoms with Gasteiger partial charge in [-0.2, -0.15) is 5.26 Å². The summed E-state index contributed by atoms with van der Waals surface area (Å²) in [6.07, 6.45) is 0.329. The second kappa shape index (κ2) is 5.38. The van der Waals surface area contributed by atoms with E-state index < -0.39 is 0 Å². The number of nitriles is 1. The minimum Gasteiger partial charge on any atom is -0.392 e. The molecule has 4 nitrogen and oxygen atoms in total. The normalized spacial score (nSPS) is 23.8. The molecule has 2 unspecified atom stereocenters. The number of hydrogen-bond donors (Lipinski definition) is 1. The highest BCUT2D eigenvalue weighted by Crippen LogP contribution is 2.25. The number of rotatable bonds is 2. The van der Waals surface area contributed by atoms with Crippen LogP contribution < -0.4 is 4.90 Å². The number of anilines is 1. The Hall–Kier alpha value is -1.57. The molecule has 1 N–H and O–H groups in total. The lowest BCUT2D eigenvalue weighted by Gasteiger charge is -2.37. The van der Waals surface area contributed by atoms with Crippen molar-refractivity contribution in [2.24, 2.45) is 0 Å². The molecule has 96 valence electrons. The molecule has 1 aromatic carbocycles. The highest BCUT2D eigenvalue weighted by Gasteiger charge is 2.23. The van der Waals surface area contributed by atoms with Gasteiger partial charge in [-0.3, -0.25) is 0 Å². The third-order valence-electron chi connectivity index (χ3n) is 3.12. The Morgan fingerprint density at radius 1 is 1.39 bits per heavy atom. The average molecular weight is 246 g/mol. The van der Waals surface area contributed by atoms with Gasteiger partial charge in [-0.1, -0.05) is 6.07 Å². The van der Waals surface area contributed by atoms with Crippen LogP contribution in [0.4, 0.5) is 5.69 Å². The van der Waals surface area contributed by atoms with E-state index in [0.717, 1.165) is 24.3 Å². The molecular formula is C14H18N2O2. The molecule has 1 heterocycles. The molecule has 2 atom stereocenters. The maximum Gasteiger partial charge on any atom is 0.101 e. The molecule has 1 saturated heterocycles. The van der Waals surface area contributed by atoms with Gasteiger partial charge in [-0.15, -0.1) is 0 Å². The summed E-state index contributed by atoms with van der Waals surface area (Å²) < 4.78 is 5.69. The summed E-state index contributed by atoms with van der Waals surface area (Å²) in [6.45, 7) is 5.62. The van der Waals surface area contributed by atoms with Crippen molar-refractivity contribution in [3.05, 3.63) is 29.3 Å². The lowest BCUT2D eigenvalue weighted by molar-refractivity contribution is -0.00523. The van der Waals surface area contributed by atoms with Gasteiger partial charge in [0.1, 0.15) is 6.07 Å². The predicted octanol–water partition coefficient (Wildman–Crippen LogP) is 1.66. The number of nitrogens with zero attached hydrogens (tertiary/aromatic N) is 2. The van der Waals surface area contributed by atoms with Crippen molar-refractivity contribution >= 4 is 5.69 Å². The lowest BCUT2D eigenvalue weighted by Crippen LogP contribution is -2.45. The first-order valence-electron chi connectivity index (χ1n) is 6.18. The van der Waals surface area contributed by atoms with Gasteiger partial charge in [0.25, 0.3) is 0 Å². The zero-order chi connectivity index (χ0) is 13.1. The number of morpholine rings is 1. The van der Waals surface area contributed by atoms with Crippen LogP contribution in [0.1, 0.15) is 25.0 Å². The fourth-order valence-corrected chi connectivity index (χ4v) is 2.42. The van der Waals surface area contributed by atoms with Crippen LogP contribution in [0.2, 0.25) is 0 Å². The first kappa shape index (κ1) is 12.9. The highest BCUT2D eigenvalue weighted by atomic mass is 16.5. The van der Waals surface area contributed by atoms with E-state index >= 15 is 0 Å². The molecular weight excluding hydrogens is 228 g/mol. The second-order valence-corrected chi connectivity index (χ2v) is 4.78. The quantitative estimate of drug-likeness (QED) is 0.862. The van der Waals surface area contributed by atoms with Gasteiger partial charge in [0.05, 0.1) is 30.1 Å². The van der Waals surface area contributed by atoms with E-state index in [9.17, 15) is 5.26 Å². The fraction of sp³-hybridized carbons (Fsp3) is 0.500. The van der Waals surface area contributed by atoms with E-state index in [2.05, 4.69) is 11.0 Å². The summed E-state index contributed by atoms with van der Waals surface area (Å²) in [5.41, 5.74) is 2.31. The topological polar surface area (TPSA) is 56.5 Å². The first-order valence-corrected chi connectivity index (χ1v) is 6.18. The Bertz CT molecular complexity index is 457. The summed E-state index contributed by atoms with van der Waals surface area (Å²) in [6, 6.07) is 7.73. The van der Waals surface area contributed by atoms with Crippen LogP contribution in [0.15, 0.2) is 18.2 Å². The molecule has 0 bridgehead atoms. The number of hydrogen-bond acceptors (Lipinski definition) is 4. The van der Waals surface area contributed by atoms with Crippen molar-refractivity contribution < 1.29 is 9.84 Å². The number of benzene rings is 1. The largest absolute Gasteiger partial charge is 0.392 e. The van der Waals surface area contributed by atoms with Gasteiger partial charge in [0.15, 0.2) is 0 Å². The average Bonchev–Trinajstić information content (AvgIpc) is 2.36. The van der Waals surface area contributed by atoms with Crippen molar-refractivity contribution in [1.29, 1.82) is 5.26 Å². The summed E-state index contributed by atoms with van der Waals surface area (Å²) >= 11 is 0. The molecule has 1 aliphatic heterocycles. The molecule has 0 radical (unpaired) electrons. The van der Waals surface area contributed by atoms with E-state index in [-0.39, 0.29) is 18.8 Å². The molecule has 1 aromatic rings. The van der Waals surface area contributed by atoms with Crippen LogP contribution >= 0.6 is 0 Å². The van der Waals surface area contributed by atoms with Crippen LogP contribution in [0.25, 0.3) is 0 Å². The third-order valence-corrected chi connectivity index (χ3v) is 3.12. The number of ether oxygens (including phenoxy) is 1. The van der Waals surface area contributed by atoms with Crippen molar-refractivity contribution in [3.8, 4) is 6.07 Å². The molecule has 0 saturated carbocycles. The molecule has 18 heavy (non-hydrogen) atoms. The second-order valence-electron chi connectivity index (χ2n) is 4.78. The summed E-state index contributed by atoms with van der Waals surface area (Å²) in [5, 5.41) is 18.3. The first-order chi connectivity index (χ1) is 8.63. The molecule has 0 aliphatic carbocycles. The summed E-state index contributed by atoms with van der Waals surface area (Å²) in [5.74, 6) is 0. The van der Waals surface area contributed by atoms with E-state index in [1.807, 2.05) is 26.0 Å². The molecule has 0 spiro atoms. The zero-order valence-corrected chi connectivity index (χ0v) is 10.8. The Morgan fingerprint density at radius 2 is 2.06 bits per heavy atom. The van der Waals surface area contributed by atoms with Gasteiger partial charge in [-0.05, 0) is 31.5 Å². The molecule has 0 aromatic heterocycles. The Morgan fingerprint density at radius 3 is 2.61 bits per heavy atom. The maximum atomic E-state index is 9.21. The molecule has 4 heteroatoms. The Labute approximate surface area is 107 Å². The van der Waals surface area contributed by atoms with Gasteiger partial charge in [0, 0.05) is 13.1 Å². The fourth-order valence-electron chi connectivity index (χ4n) is 2.42. The van der Waals surface area contributed by atoms with Crippen molar-refractivity contribution in [3.63, 3.8) is 0 Å². The SMILES string of the molecule is CC1CN(c2ccc(CO)cc2C#N)CC(C)O1. The van der Waals surface area contributed by atoms with Crippen LogP contribution in [-0.2, 0) is 11.3 Å². The Kier molecular flexibility index (Phi) is 3.85. The lowest BCUT2D eigenvalue weighted by atomic mass is 10.1. The monoisotopic (exact) mass is 246 g/mol. The van der Waals surface area contributed by atoms with E-state index in [1.165, 1.54) is 0 Å². The predicted molar refractivity (Wildman–Crippen MR) is 69.3 cm³/mol. The van der Waals surface area contributed by atoms with Gasteiger partial charge < -0.3 is 14.7 Å². The number of aliphatic hydroxyl groups excluding tert-OH is 1. The number of aliphatic hydroxyl groups is 1. The van der Waals surface area contributed by atoms with Crippen molar-refractivity contribution in [2.75, 3.05) is 18.0 Å². The van der Waals surface area contributed by atoms with Crippen LogP contribution in [-0.4, -0.2) is 30.4 Å². The molecule has 1 fully saturated rings. The zero-order valence-electron chi connectivity index (χ0n) is 10.8. The van der Waals surface area contributed by atoms with Crippen LogP contribution in [0.3, 0.4) is 0 Å². The smallest absolute Gasteiger partial charge is 0.101 e. The van der Waals surface area contributed by atoms with E-state index in [1.54, 1.807) is 6.07 Å². The van der Waals surface area contributed by atoms with Crippen LogP contribution in [0, 0.1) is 11.3 Å². The van der Waals surface area contributed by atoms with Gasteiger partial charge >= 0.3 is 0 Å². The Balaban J connectivity index is 2.30. The summed E-state index contributed by atoms with van der Waals surface area (Å²) in [7, 11) is 0. The molecule has 0 amide bonds. The summed E-state index contributed by atoms with van der Waals surface area (Å²) in [4.78, 5) is 2.18. The third kappa shape index (κ3) is 2.63. The maximum absolute atomic E-state index is 9.21. The van der Waals surface area contributed by atoms with E-state index in [4.69, 9.17) is 9.84 Å². The van der Waals surface area contributed by atoms with E-state index in [0.29, 0.717) is 5.56 Å². The van der Waals surface area contributed by atoms with Crippen LogP contribution in [0.5, 0.6) is 0 Å². The van der Waals surface area contributed by atoms with Crippen molar-refractivity contribution in [2.45, 2.75) is 32.7 Å². The molecule has 2 rings (SSSR count). The molecule has 1 aliphatic rings. The van der Waals surface area contributed by atoms with Gasteiger partial charge in [-0.25, -0.2) is 0 Å².